The standard InChI is InChI=1S/C17H23NO/c1-5-12-10(2)18-13-8-17(3,4)9-14(19)16(13)15(12)11-6-7-11/h11H,5-9H2,1-4H3. The molecule has 0 saturated heterocycles. The van der Waals surface area contributed by atoms with E-state index in [-0.39, 0.29) is 5.41 Å². The number of aryl methyl sites for hydroxylation is 1. The third-order valence-electron chi connectivity index (χ3n) is 4.53. The van der Waals surface area contributed by atoms with Crippen LogP contribution in [0.5, 0.6) is 0 Å². The van der Waals surface area contributed by atoms with Gasteiger partial charge in [0.15, 0.2) is 5.78 Å². The zero-order chi connectivity index (χ0) is 13.8. The van der Waals surface area contributed by atoms with Gasteiger partial charge in [-0.25, -0.2) is 0 Å². The maximum Gasteiger partial charge on any atom is 0.165 e. The summed E-state index contributed by atoms with van der Waals surface area (Å²) in [6, 6.07) is 0. The third kappa shape index (κ3) is 2.11. The van der Waals surface area contributed by atoms with Crippen molar-refractivity contribution in [3.05, 3.63) is 28.1 Å². The van der Waals surface area contributed by atoms with Crippen LogP contribution in [0.4, 0.5) is 0 Å². The Hall–Kier alpha value is -1.18. The second kappa shape index (κ2) is 4.16. The Morgan fingerprint density at radius 2 is 1.95 bits per heavy atom. The first-order valence-corrected chi connectivity index (χ1v) is 7.48. The van der Waals surface area contributed by atoms with Crippen molar-refractivity contribution in [1.82, 2.24) is 4.98 Å². The van der Waals surface area contributed by atoms with Crippen LogP contribution < -0.4 is 0 Å². The van der Waals surface area contributed by atoms with Gasteiger partial charge in [-0.05, 0) is 55.1 Å². The maximum absolute atomic E-state index is 12.6. The maximum atomic E-state index is 12.6. The molecule has 0 unspecified atom stereocenters. The number of pyridine rings is 1. The average molecular weight is 257 g/mol. The zero-order valence-electron chi connectivity index (χ0n) is 12.5. The molecule has 0 aliphatic heterocycles. The normalized spacial score (nSPS) is 21.4. The molecule has 1 saturated carbocycles. The highest BCUT2D eigenvalue weighted by Crippen LogP contribution is 2.47. The van der Waals surface area contributed by atoms with E-state index in [0.29, 0.717) is 18.1 Å². The molecule has 1 fully saturated rings. The second-order valence-electron chi connectivity index (χ2n) is 6.98. The number of ketones is 1. The number of carbonyl (C=O) groups is 1. The lowest BCUT2D eigenvalue weighted by Crippen LogP contribution is -2.30. The minimum Gasteiger partial charge on any atom is -0.294 e. The van der Waals surface area contributed by atoms with Gasteiger partial charge in [0.05, 0.1) is 5.69 Å². The fourth-order valence-corrected chi connectivity index (χ4v) is 3.57. The minimum absolute atomic E-state index is 0.0675. The summed E-state index contributed by atoms with van der Waals surface area (Å²) in [6.07, 6.45) is 5.11. The Morgan fingerprint density at radius 3 is 2.53 bits per heavy atom. The van der Waals surface area contributed by atoms with E-state index in [1.54, 1.807) is 0 Å². The molecule has 0 bridgehead atoms. The molecule has 102 valence electrons. The molecular formula is C17H23NO. The van der Waals surface area contributed by atoms with Crippen molar-refractivity contribution in [2.75, 3.05) is 0 Å². The monoisotopic (exact) mass is 257 g/mol. The number of hydrogen-bond acceptors (Lipinski definition) is 2. The van der Waals surface area contributed by atoms with Crippen molar-refractivity contribution < 1.29 is 4.79 Å². The van der Waals surface area contributed by atoms with Crippen molar-refractivity contribution in [3.8, 4) is 0 Å². The van der Waals surface area contributed by atoms with Crippen LogP contribution in [-0.4, -0.2) is 10.8 Å². The summed E-state index contributed by atoms with van der Waals surface area (Å²) in [5.41, 5.74) is 5.99. The van der Waals surface area contributed by atoms with Gasteiger partial charge in [-0.3, -0.25) is 9.78 Å². The quantitative estimate of drug-likeness (QED) is 0.802. The van der Waals surface area contributed by atoms with Crippen molar-refractivity contribution in [2.45, 2.75) is 65.7 Å². The number of carbonyl (C=O) groups excluding carboxylic acids is 1. The van der Waals surface area contributed by atoms with Gasteiger partial charge < -0.3 is 0 Å². The molecule has 0 spiro atoms. The summed E-state index contributed by atoms with van der Waals surface area (Å²) in [5, 5.41) is 0. The van der Waals surface area contributed by atoms with E-state index in [1.807, 2.05) is 0 Å². The van der Waals surface area contributed by atoms with Crippen LogP contribution in [0.3, 0.4) is 0 Å². The molecule has 0 atom stereocenters. The molecule has 2 aliphatic rings. The first-order chi connectivity index (χ1) is 8.93. The smallest absolute Gasteiger partial charge is 0.165 e. The molecule has 0 amide bonds. The summed E-state index contributed by atoms with van der Waals surface area (Å²) in [4.78, 5) is 17.4. The van der Waals surface area contributed by atoms with E-state index in [1.165, 1.54) is 24.0 Å². The largest absolute Gasteiger partial charge is 0.294 e. The number of rotatable bonds is 2. The molecule has 3 rings (SSSR count). The lowest BCUT2D eigenvalue weighted by molar-refractivity contribution is 0.0908. The number of hydrogen-bond donors (Lipinski definition) is 0. The average Bonchev–Trinajstić information content (AvgIpc) is 3.08. The number of aromatic nitrogens is 1. The van der Waals surface area contributed by atoms with Gasteiger partial charge >= 0.3 is 0 Å². The third-order valence-corrected chi connectivity index (χ3v) is 4.53. The molecule has 1 heterocycles. The Kier molecular flexibility index (Phi) is 2.81. The zero-order valence-corrected chi connectivity index (χ0v) is 12.5. The number of fused-ring (bicyclic) bond motifs is 1. The van der Waals surface area contributed by atoms with E-state index in [0.717, 1.165) is 29.8 Å². The summed E-state index contributed by atoms with van der Waals surface area (Å²) in [7, 11) is 0. The van der Waals surface area contributed by atoms with E-state index >= 15 is 0 Å². The predicted molar refractivity (Wildman–Crippen MR) is 76.8 cm³/mol. The van der Waals surface area contributed by atoms with E-state index < -0.39 is 0 Å². The molecule has 2 aliphatic carbocycles. The highest BCUT2D eigenvalue weighted by atomic mass is 16.1. The van der Waals surface area contributed by atoms with Crippen LogP contribution in [0.25, 0.3) is 0 Å². The molecule has 19 heavy (non-hydrogen) atoms. The van der Waals surface area contributed by atoms with Crippen LogP contribution in [0.15, 0.2) is 0 Å². The van der Waals surface area contributed by atoms with Gasteiger partial charge in [0.25, 0.3) is 0 Å². The summed E-state index contributed by atoms with van der Waals surface area (Å²) < 4.78 is 0. The van der Waals surface area contributed by atoms with Crippen LogP contribution in [0, 0.1) is 12.3 Å². The van der Waals surface area contributed by atoms with Gasteiger partial charge in [-0.15, -0.1) is 0 Å². The SMILES string of the molecule is CCc1c(C)nc2c(c1C1CC1)C(=O)CC(C)(C)C2. The lowest BCUT2D eigenvalue weighted by atomic mass is 9.73. The molecule has 2 nitrogen and oxygen atoms in total. The highest BCUT2D eigenvalue weighted by molar-refractivity contribution is 6.00. The highest BCUT2D eigenvalue weighted by Gasteiger charge is 2.38. The lowest BCUT2D eigenvalue weighted by Gasteiger charge is -2.32. The van der Waals surface area contributed by atoms with Crippen LogP contribution >= 0.6 is 0 Å². The van der Waals surface area contributed by atoms with Crippen LogP contribution in [-0.2, 0) is 12.8 Å². The first-order valence-electron chi connectivity index (χ1n) is 7.48. The van der Waals surface area contributed by atoms with Crippen LogP contribution in [0.1, 0.15) is 78.8 Å². The van der Waals surface area contributed by atoms with Gasteiger partial charge in [-0.1, -0.05) is 20.8 Å². The number of nitrogens with zero attached hydrogens (tertiary/aromatic N) is 1. The van der Waals surface area contributed by atoms with Gasteiger partial charge in [0.2, 0.25) is 0 Å². The van der Waals surface area contributed by atoms with Crippen LogP contribution in [0.2, 0.25) is 0 Å². The molecular weight excluding hydrogens is 234 g/mol. The molecule has 1 aromatic rings. The van der Waals surface area contributed by atoms with Gasteiger partial charge in [0, 0.05) is 17.7 Å². The summed E-state index contributed by atoms with van der Waals surface area (Å²) in [5.74, 6) is 0.964. The number of Topliss-reactive ketones (excluding diaryl/α,β-unsaturated/α-hetero) is 1. The Labute approximate surface area is 115 Å². The molecule has 0 aromatic carbocycles. The topological polar surface area (TPSA) is 30.0 Å². The van der Waals surface area contributed by atoms with Gasteiger partial charge in [0.1, 0.15) is 0 Å². The van der Waals surface area contributed by atoms with Crippen molar-refractivity contribution in [3.63, 3.8) is 0 Å². The Morgan fingerprint density at radius 1 is 1.26 bits per heavy atom. The van der Waals surface area contributed by atoms with E-state index in [2.05, 4.69) is 27.7 Å². The van der Waals surface area contributed by atoms with Crippen molar-refractivity contribution >= 4 is 5.78 Å². The summed E-state index contributed by atoms with van der Waals surface area (Å²) >= 11 is 0. The minimum atomic E-state index is 0.0675. The fourth-order valence-electron chi connectivity index (χ4n) is 3.57. The predicted octanol–water partition coefficient (Wildman–Crippen LogP) is 3.98. The first kappa shape index (κ1) is 12.8. The van der Waals surface area contributed by atoms with Crippen molar-refractivity contribution in [1.29, 1.82) is 0 Å². The van der Waals surface area contributed by atoms with Gasteiger partial charge in [-0.2, -0.15) is 0 Å². The van der Waals surface area contributed by atoms with E-state index in [4.69, 9.17) is 4.98 Å². The fraction of sp³-hybridized carbons (Fsp3) is 0.647. The second-order valence-corrected chi connectivity index (χ2v) is 6.98. The molecule has 2 heteroatoms. The van der Waals surface area contributed by atoms with E-state index in [9.17, 15) is 4.79 Å². The Balaban J connectivity index is 2.23. The van der Waals surface area contributed by atoms with Crippen molar-refractivity contribution in [2.24, 2.45) is 5.41 Å². The Bertz CT molecular complexity index is 553. The molecule has 0 radical (unpaired) electrons. The molecule has 0 N–H and O–H groups in total. The molecule has 1 aromatic heterocycles. The summed E-state index contributed by atoms with van der Waals surface area (Å²) in [6.45, 7) is 8.64.